The molecule has 2 N–H and O–H groups in total. The fourth-order valence-electron chi connectivity index (χ4n) is 7.01. The van der Waals surface area contributed by atoms with Crippen LogP contribution in [0.25, 0.3) is 22.2 Å². The van der Waals surface area contributed by atoms with Crippen LogP contribution in [-0.4, -0.2) is 34.1 Å². The molecule has 50 heavy (non-hydrogen) atoms. The molecular weight excluding hydrogens is 622 g/mol. The van der Waals surface area contributed by atoms with E-state index in [2.05, 4.69) is 72.2 Å². The number of nitrogens with zero attached hydrogens (tertiary/aromatic N) is 3. The summed E-state index contributed by atoms with van der Waals surface area (Å²) in [4.78, 5) is 40.9. The highest BCUT2D eigenvalue weighted by Gasteiger charge is 2.27. The molecule has 1 aliphatic rings. The average molecular weight is 672 g/mol. The molecule has 0 atom stereocenters. The van der Waals surface area contributed by atoms with Crippen LogP contribution >= 0.6 is 0 Å². The number of nitrogens with one attached hydrogen (secondary N) is 2. The molecule has 1 saturated carbocycles. The van der Waals surface area contributed by atoms with Crippen LogP contribution < -0.4 is 20.5 Å². The van der Waals surface area contributed by atoms with Crippen molar-refractivity contribution in [2.75, 3.05) is 23.4 Å². The SMILES string of the molecule is CC(C)c1cc(-c2cccc(OCCCc3ccncc3)c2)cc(C(C)C)c1NC(=O)N(CC1CCCCC1)c1cc2cccnc2[nH]c1=O. The number of aryl methyl sites for hydroxylation is 1. The molecule has 2 aromatic carbocycles. The highest BCUT2D eigenvalue weighted by molar-refractivity contribution is 6.03. The lowest BCUT2D eigenvalue weighted by Gasteiger charge is -2.31. The Kier molecular flexibility index (Phi) is 11.3. The van der Waals surface area contributed by atoms with Crippen molar-refractivity contribution in [2.45, 2.75) is 84.5 Å². The van der Waals surface area contributed by atoms with E-state index in [4.69, 9.17) is 4.74 Å². The lowest BCUT2D eigenvalue weighted by atomic mass is 9.88. The minimum Gasteiger partial charge on any atom is -0.494 e. The summed E-state index contributed by atoms with van der Waals surface area (Å²) >= 11 is 0. The van der Waals surface area contributed by atoms with E-state index < -0.39 is 0 Å². The second kappa shape index (κ2) is 16.2. The molecule has 0 aliphatic heterocycles. The summed E-state index contributed by atoms with van der Waals surface area (Å²) in [6.07, 6.45) is 12.8. The molecule has 1 aliphatic carbocycles. The van der Waals surface area contributed by atoms with E-state index in [0.717, 1.165) is 77.6 Å². The summed E-state index contributed by atoms with van der Waals surface area (Å²) in [6, 6.07) is 22.0. The molecule has 2 amide bonds. The molecule has 8 heteroatoms. The number of carbonyl (C=O) groups excluding carboxylic acids is 1. The van der Waals surface area contributed by atoms with Crippen molar-refractivity contribution in [1.82, 2.24) is 15.0 Å². The first-order chi connectivity index (χ1) is 24.3. The molecule has 8 nitrogen and oxygen atoms in total. The van der Waals surface area contributed by atoms with Crippen molar-refractivity contribution in [3.8, 4) is 16.9 Å². The fraction of sp³-hybridized carbons (Fsp3) is 0.381. The Balaban J connectivity index is 1.29. The normalized spacial score (nSPS) is 13.6. The van der Waals surface area contributed by atoms with Crippen LogP contribution in [-0.2, 0) is 6.42 Å². The maximum Gasteiger partial charge on any atom is 0.326 e. The molecule has 0 saturated heterocycles. The molecule has 0 unspecified atom stereocenters. The van der Waals surface area contributed by atoms with Gasteiger partial charge in [0.1, 0.15) is 17.1 Å². The van der Waals surface area contributed by atoms with Crippen LogP contribution in [0.2, 0.25) is 0 Å². The van der Waals surface area contributed by atoms with E-state index >= 15 is 0 Å². The molecular formula is C42H49N5O3. The maximum absolute atomic E-state index is 14.5. The first-order valence-corrected chi connectivity index (χ1v) is 18.1. The van der Waals surface area contributed by atoms with Gasteiger partial charge in [-0.3, -0.25) is 14.7 Å². The van der Waals surface area contributed by atoms with Gasteiger partial charge in [0.25, 0.3) is 5.56 Å². The molecule has 3 heterocycles. The summed E-state index contributed by atoms with van der Waals surface area (Å²) in [5, 5.41) is 4.12. The van der Waals surface area contributed by atoms with Crippen LogP contribution in [0.1, 0.15) is 94.7 Å². The molecule has 0 spiro atoms. The Bertz CT molecular complexity index is 1940. The summed E-state index contributed by atoms with van der Waals surface area (Å²) in [5.74, 6) is 1.44. The van der Waals surface area contributed by atoms with Gasteiger partial charge in [-0.15, -0.1) is 0 Å². The van der Waals surface area contributed by atoms with E-state index in [9.17, 15) is 9.59 Å². The molecule has 5 aromatic rings. The zero-order valence-corrected chi connectivity index (χ0v) is 29.7. The number of carbonyl (C=O) groups is 1. The third-order valence-corrected chi connectivity index (χ3v) is 9.77. The lowest BCUT2D eigenvalue weighted by Crippen LogP contribution is -2.42. The predicted molar refractivity (Wildman–Crippen MR) is 203 cm³/mol. The quantitative estimate of drug-likeness (QED) is 0.129. The number of hydrogen-bond donors (Lipinski definition) is 2. The second-order valence-corrected chi connectivity index (χ2v) is 14.1. The van der Waals surface area contributed by atoms with Crippen molar-refractivity contribution >= 4 is 28.4 Å². The van der Waals surface area contributed by atoms with E-state index in [1.54, 1.807) is 17.2 Å². The van der Waals surface area contributed by atoms with Crippen molar-refractivity contribution in [2.24, 2.45) is 5.92 Å². The number of aromatic nitrogens is 3. The third kappa shape index (κ3) is 8.41. The van der Waals surface area contributed by atoms with Crippen LogP contribution in [0.4, 0.5) is 16.2 Å². The van der Waals surface area contributed by atoms with Crippen molar-refractivity contribution in [3.63, 3.8) is 0 Å². The van der Waals surface area contributed by atoms with Crippen LogP contribution in [0, 0.1) is 5.92 Å². The maximum atomic E-state index is 14.5. The van der Waals surface area contributed by atoms with Gasteiger partial charge in [-0.1, -0.05) is 59.1 Å². The minimum atomic E-state index is -0.315. The molecule has 0 radical (unpaired) electrons. The topological polar surface area (TPSA) is 100 Å². The van der Waals surface area contributed by atoms with Crippen LogP contribution in [0.3, 0.4) is 0 Å². The lowest BCUT2D eigenvalue weighted by molar-refractivity contribution is 0.254. The van der Waals surface area contributed by atoms with Gasteiger partial charge in [0.2, 0.25) is 0 Å². The Hall–Kier alpha value is -4.98. The number of amides is 2. The standard InChI is InChI=1S/C42H49N5O3/c1-28(2)36-24-34(32-14-8-16-35(23-32)50-22-10-13-30-17-20-43-21-18-30)25-37(29(3)4)39(36)45-42(49)47(27-31-11-6-5-7-12-31)38-26-33-15-9-19-44-40(33)46-41(38)48/h8-9,14-21,23-26,28-29,31H,5-7,10-13,22,27H2,1-4H3,(H,45,49)(H,44,46,48). The number of pyridine rings is 3. The predicted octanol–water partition coefficient (Wildman–Crippen LogP) is 9.86. The van der Waals surface area contributed by atoms with Crippen LogP contribution in [0.15, 0.2) is 90.1 Å². The molecule has 3 aromatic heterocycles. The van der Waals surface area contributed by atoms with E-state index in [1.807, 2.05) is 48.8 Å². The van der Waals surface area contributed by atoms with Crippen LogP contribution in [0.5, 0.6) is 5.75 Å². The Labute approximate surface area is 295 Å². The number of fused-ring (bicyclic) bond motifs is 1. The minimum absolute atomic E-state index is 0.136. The summed E-state index contributed by atoms with van der Waals surface area (Å²) in [5.41, 5.74) is 6.87. The zero-order chi connectivity index (χ0) is 35.0. The van der Waals surface area contributed by atoms with Crippen molar-refractivity contribution < 1.29 is 9.53 Å². The summed E-state index contributed by atoms with van der Waals surface area (Å²) in [6.45, 7) is 9.73. The summed E-state index contributed by atoms with van der Waals surface area (Å²) in [7, 11) is 0. The third-order valence-electron chi connectivity index (χ3n) is 9.77. The number of aromatic amines is 1. The second-order valence-electron chi connectivity index (χ2n) is 14.1. The van der Waals surface area contributed by atoms with Crippen molar-refractivity contribution in [1.29, 1.82) is 0 Å². The van der Waals surface area contributed by atoms with E-state index in [0.29, 0.717) is 30.4 Å². The van der Waals surface area contributed by atoms with Gasteiger partial charge >= 0.3 is 6.03 Å². The highest BCUT2D eigenvalue weighted by atomic mass is 16.5. The van der Waals surface area contributed by atoms with Gasteiger partial charge in [-0.25, -0.2) is 9.78 Å². The smallest absolute Gasteiger partial charge is 0.326 e. The molecule has 6 rings (SSSR count). The number of benzene rings is 2. The molecule has 260 valence electrons. The first-order valence-electron chi connectivity index (χ1n) is 18.1. The Morgan fingerprint density at radius 1 is 0.900 bits per heavy atom. The Morgan fingerprint density at radius 3 is 2.36 bits per heavy atom. The highest BCUT2D eigenvalue weighted by Crippen LogP contribution is 2.38. The molecule has 0 bridgehead atoms. The van der Waals surface area contributed by atoms with Gasteiger partial charge in [-0.05, 0) is 126 Å². The van der Waals surface area contributed by atoms with Gasteiger partial charge in [-0.2, -0.15) is 0 Å². The number of hydrogen-bond acceptors (Lipinski definition) is 5. The van der Waals surface area contributed by atoms with Crippen molar-refractivity contribution in [3.05, 3.63) is 112 Å². The summed E-state index contributed by atoms with van der Waals surface area (Å²) < 4.78 is 6.18. The largest absolute Gasteiger partial charge is 0.494 e. The number of rotatable bonds is 12. The average Bonchev–Trinajstić information content (AvgIpc) is 3.13. The van der Waals surface area contributed by atoms with Gasteiger partial charge in [0.15, 0.2) is 0 Å². The number of urea groups is 1. The zero-order valence-electron chi connectivity index (χ0n) is 29.7. The fourth-order valence-corrected chi connectivity index (χ4v) is 7.01. The first kappa shape index (κ1) is 34.9. The van der Waals surface area contributed by atoms with E-state index in [1.165, 1.54) is 12.0 Å². The Morgan fingerprint density at radius 2 is 1.64 bits per heavy atom. The molecule has 1 fully saturated rings. The number of ether oxygens (including phenoxy) is 1. The van der Waals surface area contributed by atoms with E-state index in [-0.39, 0.29) is 23.4 Å². The number of H-pyrrole nitrogens is 1. The van der Waals surface area contributed by atoms with Gasteiger partial charge < -0.3 is 15.0 Å². The number of anilines is 2. The van der Waals surface area contributed by atoms with Gasteiger partial charge in [0.05, 0.1) is 6.61 Å². The van der Waals surface area contributed by atoms with Gasteiger partial charge in [0, 0.05) is 36.2 Å². The monoisotopic (exact) mass is 671 g/mol.